The van der Waals surface area contributed by atoms with E-state index in [0.717, 1.165) is 0 Å². The Morgan fingerprint density at radius 2 is 1.69 bits per heavy atom. The molecule has 0 aliphatic carbocycles. The first-order valence-corrected chi connectivity index (χ1v) is 9.85. The number of hydrogen-bond donors (Lipinski definition) is 2. The number of carboxylic acid groups (broad SMARTS) is 1. The van der Waals surface area contributed by atoms with Crippen molar-refractivity contribution in [2.75, 3.05) is 13.6 Å². The predicted octanol–water partition coefficient (Wildman–Crippen LogP) is 1.85. The fourth-order valence-corrected chi connectivity index (χ4v) is 3.03. The Morgan fingerprint density at radius 3 is 2.14 bits per heavy atom. The molecular weight excluding hydrogens is 378 g/mol. The topological polar surface area (TPSA) is 116 Å². The van der Waals surface area contributed by atoms with Gasteiger partial charge < -0.3 is 20.1 Å². The number of likely N-dealkylation sites (tertiary alicyclic amines) is 1. The number of hydrogen-bond acceptors (Lipinski definition) is 5. The maximum atomic E-state index is 13.1. The summed E-state index contributed by atoms with van der Waals surface area (Å²) in [7, 11) is 1.45. The molecule has 0 bridgehead atoms. The lowest BCUT2D eigenvalue weighted by atomic mass is 9.85. The molecule has 1 saturated heterocycles. The molecule has 166 valence electrons. The third-order valence-electron chi connectivity index (χ3n) is 4.86. The molecule has 0 radical (unpaired) electrons. The van der Waals surface area contributed by atoms with Crippen LogP contribution in [0.15, 0.2) is 0 Å². The van der Waals surface area contributed by atoms with Crippen LogP contribution >= 0.6 is 0 Å². The summed E-state index contributed by atoms with van der Waals surface area (Å²) in [5.74, 6) is -1.99. The van der Waals surface area contributed by atoms with Crippen LogP contribution in [0.3, 0.4) is 0 Å². The largest absolute Gasteiger partial charge is 0.480 e. The van der Waals surface area contributed by atoms with Gasteiger partial charge in [-0.15, -0.1) is 0 Å². The summed E-state index contributed by atoms with van der Waals surface area (Å²) in [6.07, 6.45) is 0.346. The number of rotatable bonds is 5. The Labute approximate surface area is 172 Å². The van der Waals surface area contributed by atoms with E-state index in [-0.39, 0.29) is 0 Å². The van der Waals surface area contributed by atoms with Gasteiger partial charge in [-0.05, 0) is 46.0 Å². The molecule has 1 aliphatic rings. The van der Waals surface area contributed by atoms with Crippen molar-refractivity contribution in [3.8, 4) is 0 Å². The summed E-state index contributed by atoms with van der Waals surface area (Å²) >= 11 is 0. The van der Waals surface area contributed by atoms with Gasteiger partial charge in [0.2, 0.25) is 11.8 Å². The second-order valence-electron chi connectivity index (χ2n) is 9.60. The molecule has 0 aromatic heterocycles. The highest BCUT2D eigenvalue weighted by atomic mass is 16.6. The van der Waals surface area contributed by atoms with E-state index in [9.17, 15) is 24.3 Å². The first-order valence-electron chi connectivity index (χ1n) is 9.85. The Balaban J connectivity index is 2.95. The number of likely N-dealkylation sites (N-methyl/N-ethyl adjacent to an activating group) is 1. The van der Waals surface area contributed by atoms with Crippen molar-refractivity contribution in [1.29, 1.82) is 0 Å². The van der Waals surface area contributed by atoms with Crippen molar-refractivity contribution in [2.24, 2.45) is 5.41 Å². The molecule has 3 amide bonds. The summed E-state index contributed by atoms with van der Waals surface area (Å²) < 4.78 is 5.28. The third kappa shape index (κ3) is 6.61. The number of nitrogens with one attached hydrogen (secondary N) is 1. The number of aliphatic carboxylic acids is 1. The van der Waals surface area contributed by atoms with Crippen LogP contribution in [0, 0.1) is 5.41 Å². The van der Waals surface area contributed by atoms with E-state index < -0.39 is 53.0 Å². The van der Waals surface area contributed by atoms with Gasteiger partial charge in [-0.3, -0.25) is 14.5 Å². The molecule has 2 N–H and O–H groups in total. The minimum absolute atomic E-state index is 0.339. The molecule has 1 fully saturated rings. The van der Waals surface area contributed by atoms with E-state index in [1.165, 1.54) is 16.8 Å². The molecule has 9 nitrogen and oxygen atoms in total. The lowest BCUT2D eigenvalue weighted by Crippen LogP contribution is -2.59. The Hall–Kier alpha value is -2.32. The monoisotopic (exact) mass is 413 g/mol. The van der Waals surface area contributed by atoms with Crippen LogP contribution in [0.1, 0.15) is 61.3 Å². The van der Waals surface area contributed by atoms with Crippen molar-refractivity contribution in [3.63, 3.8) is 0 Å². The number of amides is 3. The van der Waals surface area contributed by atoms with Crippen LogP contribution in [0.25, 0.3) is 0 Å². The van der Waals surface area contributed by atoms with Gasteiger partial charge in [0.15, 0.2) is 0 Å². The molecule has 0 saturated carbocycles. The SMILES string of the molecule is C[C@@H](C(=O)N[C@H](C(=O)N1CCCC1C(=O)O)C(C)(C)C)N(C)C(=O)OC(C)(C)C. The van der Waals surface area contributed by atoms with Gasteiger partial charge in [-0.1, -0.05) is 20.8 Å². The minimum Gasteiger partial charge on any atom is -0.480 e. The summed E-state index contributed by atoms with van der Waals surface area (Å²) in [4.78, 5) is 52.1. The van der Waals surface area contributed by atoms with Crippen molar-refractivity contribution in [3.05, 3.63) is 0 Å². The zero-order valence-electron chi connectivity index (χ0n) is 18.7. The van der Waals surface area contributed by atoms with Crippen LogP contribution in [0.5, 0.6) is 0 Å². The van der Waals surface area contributed by atoms with Gasteiger partial charge in [0, 0.05) is 13.6 Å². The molecule has 0 aromatic rings. The smallest absolute Gasteiger partial charge is 0.410 e. The standard InChI is InChI=1S/C20H35N3O6/c1-12(22(8)18(28)29-20(5,6)7)15(24)21-14(19(2,3)4)16(25)23-11-9-10-13(23)17(26)27/h12-14H,9-11H2,1-8H3,(H,21,24)(H,26,27)/t12-,13?,14+/m0/s1. The van der Waals surface area contributed by atoms with E-state index in [4.69, 9.17) is 4.74 Å². The number of nitrogens with zero attached hydrogens (tertiary/aromatic N) is 2. The molecule has 1 unspecified atom stereocenters. The Bertz CT molecular complexity index is 650. The summed E-state index contributed by atoms with van der Waals surface area (Å²) in [6, 6.07) is -2.69. The molecule has 9 heteroatoms. The second-order valence-corrected chi connectivity index (χ2v) is 9.60. The quantitative estimate of drug-likeness (QED) is 0.710. The Morgan fingerprint density at radius 1 is 1.14 bits per heavy atom. The van der Waals surface area contributed by atoms with Crippen molar-refractivity contribution >= 4 is 23.9 Å². The van der Waals surface area contributed by atoms with Gasteiger partial charge in [-0.2, -0.15) is 0 Å². The summed E-state index contributed by atoms with van der Waals surface area (Å²) in [5.41, 5.74) is -1.35. The zero-order chi connectivity index (χ0) is 22.7. The van der Waals surface area contributed by atoms with E-state index in [0.29, 0.717) is 19.4 Å². The molecule has 0 aromatic carbocycles. The number of carbonyl (C=O) groups is 4. The molecule has 0 spiro atoms. The van der Waals surface area contributed by atoms with Crippen LogP contribution in [-0.2, 0) is 19.1 Å². The van der Waals surface area contributed by atoms with E-state index in [2.05, 4.69) is 5.32 Å². The highest BCUT2D eigenvalue weighted by molar-refractivity contribution is 5.93. The summed E-state index contributed by atoms with van der Waals surface area (Å²) in [6.45, 7) is 12.5. The van der Waals surface area contributed by atoms with Gasteiger partial charge in [0.1, 0.15) is 23.7 Å². The van der Waals surface area contributed by atoms with Gasteiger partial charge in [-0.25, -0.2) is 9.59 Å². The fraction of sp³-hybridized carbons (Fsp3) is 0.800. The predicted molar refractivity (Wildman–Crippen MR) is 107 cm³/mol. The number of ether oxygens (including phenoxy) is 1. The summed E-state index contributed by atoms with van der Waals surface area (Å²) in [5, 5.41) is 12.1. The minimum atomic E-state index is -1.05. The maximum absolute atomic E-state index is 13.1. The highest BCUT2D eigenvalue weighted by Gasteiger charge is 2.42. The normalized spacial score (nSPS) is 19.3. The van der Waals surface area contributed by atoms with Crippen molar-refractivity contribution in [2.45, 2.75) is 85.0 Å². The van der Waals surface area contributed by atoms with Gasteiger partial charge in [0.05, 0.1) is 0 Å². The zero-order valence-corrected chi connectivity index (χ0v) is 18.7. The first-order chi connectivity index (χ1) is 13.1. The molecule has 29 heavy (non-hydrogen) atoms. The van der Waals surface area contributed by atoms with Gasteiger partial charge >= 0.3 is 12.1 Å². The van der Waals surface area contributed by atoms with Crippen LogP contribution in [0.2, 0.25) is 0 Å². The first kappa shape index (κ1) is 24.7. The molecule has 1 rings (SSSR count). The molecule has 3 atom stereocenters. The Kier molecular flexibility index (Phi) is 7.67. The molecule has 1 heterocycles. The second kappa shape index (κ2) is 9.00. The number of carbonyl (C=O) groups excluding carboxylic acids is 3. The fourth-order valence-electron chi connectivity index (χ4n) is 3.03. The van der Waals surface area contributed by atoms with E-state index >= 15 is 0 Å². The van der Waals surface area contributed by atoms with E-state index in [1.54, 1.807) is 48.5 Å². The van der Waals surface area contributed by atoms with Crippen molar-refractivity contribution in [1.82, 2.24) is 15.1 Å². The van der Waals surface area contributed by atoms with Gasteiger partial charge in [0.25, 0.3) is 0 Å². The lowest BCUT2D eigenvalue weighted by molar-refractivity contribution is -0.151. The van der Waals surface area contributed by atoms with Crippen LogP contribution < -0.4 is 5.32 Å². The maximum Gasteiger partial charge on any atom is 0.410 e. The van der Waals surface area contributed by atoms with E-state index in [1.807, 2.05) is 0 Å². The number of carboxylic acids is 1. The third-order valence-corrected chi connectivity index (χ3v) is 4.86. The molecule has 1 aliphatic heterocycles. The average molecular weight is 414 g/mol. The molecular formula is C20H35N3O6. The van der Waals surface area contributed by atoms with Crippen LogP contribution in [0.4, 0.5) is 4.79 Å². The van der Waals surface area contributed by atoms with Crippen LogP contribution in [-0.4, -0.2) is 76.1 Å². The lowest BCUT2D eigenvalue weighted by Gasteiger charge is -2.36. The highest BCUT2D eigenvalue weighted by Crippen LogP contribution is 2.26. The van der Waals surface area contributed by atoms with Crippen molar-refractivity contribution < 1.29 is 29.0 Å². The average Bonchev–Trinajstić information content (AvgIpc) is 3.04.